The second-order valence-corrected chi connectivity index (χ2v) is 13.2. The summed E-state index contributed by atoms with van der Waals surface area (Å²) in [6, 6.07) is 15.6. The van der Waals surface area contributed by atoms with Crippen molar-refractivity contribution in [3.63, 3.8) is 0 Å². The summed E-state index contributed by atoms with van der Waals surface area (Å²) in [5.41, 5.74) is -0.197. The minimum atomic E-state index is -1.32. The van der Waals surface area contributed by atoms with Gasteiger partial charge in [0.05, 0.1) is 16.9 Å². The third kappa shape index (κ3) is 6.84. The van der Waals surface area contributed by atoms with Crippen LogP contribution in [0.15, 0.2) is 60.7 Å². The quantitative estimate of drug-likeness (QED) is 0.258. The van der Waals surface area contributed by atoms with E-state index in [4.69, 9.17) is 9.47 Å². The van der Waals surface area contributed by atoms with Crippen molar-refractivity contribution in [3.8, 4) is 11.5 Å². The summed E-state index contributed by atoms with van der Waals surface area (Å²) in [6.07, 6.45) is -0.145. The molecular formula is C36H41FN4O7. The van der Waals surface area contributed by atoms with Gasteiger partial charge in [-0.3, -0.25) is 19.4 Å². The largest absolute Gasteiger partial charge is 0.478 e. The first-order chi connectivity index (χ1) is 22.6. The molecule has 48 heavy (non-hydrogen) atoms. The number of likely N-dealkylation sites (tertiary alicyclic amines) is 1. The van der Waals surface area contributed by atoms with Crippen LogP contribution >= 0.6 is 0 Å². The van der Waals surface area contributed by atoms with Gasteiger partial charge in [-0.05, 0) is 83.5 Å². The second-order valence-electron chi connectivity index (χ2n) is 13.2. The fourth-order valence-corrected chi connectivity index (χ4v) is 6.52. The number of rotatable bonds is 8. The van der Waals surface area contributed by atoms with E-state index in [2.05, 4.69) is 10.6 Å². The van der Waals surface area contributed by atoms with E-state index < -0.39 is 35.1 Å². The lowest BCUT2D eigenvalue weighted by Crippen LogP contribution is -2.59. The maximum Gasteiger partial charge on any atom is 0.414 e. The van der Waals surface area contributed by atoms with Gasteiger partial charge in [-0.25, -0.2) is 14.0 Å². The van der Waals surface area contributed by atoms with Gasteiger partial charge in [0.1, 0.15) is 28.5 Å². The summed E-state index contributed by atoms with van der Waals surface area (Å²) in [6.45, 7) is 11.0. The van der Waals surface area contributed by atoms with Crippen LogP contribution in [-0.4, -0.2) is 65.2 Å². The Labute approximate surface area is 279 Å². The average Bonchev–Trinajstić information content (AvgIpc) is 3.27. The number of carboxylic acids is 1. The van der Waals surface area contributed by atoms with Crippen LogP contribution in [-0.2, 0) is 19.9 Å². The summed E-state index contributed by atoms with van der Waals surface area (Å²) in [7, 11) is 0. The predicted octanol–water partition coefficient (Wildman–Crippen LogP) is 6.24. The van der Waals surface area contributed by atoms with E-state index in [0.717, 1.165) is 5.56 Å². The standard InChI is InChI=1S/C36H41FN4O7/c1-7-41(34(46)48-35(3,4)5)29-19-23(37)18-27-31(29)39-33(45)36(27,6)40-17-16-25(28(20-40)38-21(2)42)26-10-8-9-11-30(26)47-24-14-12-22(13-15-24)32(43)44/h8-15,18-19,25,28H,7,16-17,20H2,1-6H3,(H,38,42)(H,39,45)(H,43,44)/t25-,28+,36?/m1/s1. The van der Waals surface area contributed by atoms with E-state index in [9.17, 15) is 24.3 Å². The molecule has 2 aliphatic rings. The van der Waals surface area contributed by atoms with Crippen molar-refractivity contribution in [2.75, 3.05) is 29.9 Å². The topological polar surface area (TPSA) is 138 Å². The Kier molecular flexibility index (Phi) is 9.50. The van der Waals surface area contributed by atoms with E-state index >= 15 is 4.39 Å². The maximum atomic E-state index is 15.3. The molecule has 0 saturated carbocycles. The number of hydrogen-bond acceptors (Lipinski definition) is 7. The average molecular weight is 661 g/mol. The van der Waals surface area contributed by atoms with Gasteiger partial charge in [-0.2, -0.15) is 0 Å². The number of nitrogens with one attached hydrogen (secondary N) is 2. The fraction of sp³-hybridized carbons (Fsp3) is 0.389. The maximum absolute atomic E-state index is 15.3. The lowest BCUT2D eigenvalue weighted by Gasteiger charge is -2.45. The zero-order valence-corrected chi connectivity index (χ0v) is 27.9. The zero-order valence-electron chi connectivity index (χ0n) is 27.9. The van der Waals surface area contributed by atoms with E-state index in [1.165, 1.54) is 36.1 Å². The lowest BCUT2D eigenvalue weighted by atomic mass is 9.81. The number of carbonyl (C=O) groups excluding carboxylic acids is 3. The number of aromatic carboxylic acids is 1. The van der Waals surface area contributed by atoms with Crippen LogP contribution in [0.1, 0.15) is 75.4 Å². The predicted molar refractivity (Wildman–Crippen MR) is 178 cm³/mol. The van der Waals surface area contributed by atoms with E-state index in [-0.39, 0.29) is 42.1 Å². The highest BCUT2D eigenvalue weighted by atomic mass is 19.1. The Hall–Kier alpha value is -4.97. The molecule has 0 radical (unpaired) electrons. The fourth-order valence-electron chi connectivity index (χ4n) is 6.52. The number of benzene rings is 3. The van der Waals surface area contributed by atoms with Crippen LogP contribution in [0.4, 0.5) is 20.6 Å². The van der Waals surface area contributed by atoms with Crippen molar-refractivity contribution in [3.05, 3.63) is 83.2 Å². The molecule has 0 spiro atoms. The molecule has 1 fully saturated rings. The molecule has 3 amide bonds. The number of ether oxygens (including phenoxy) is 2. The number of fused-ring (bicyclic) bond motifs is 1. The van der Waals surface area contributed by atoms with Crippen molar-refractivity contribution in [2.24, 2.45) is 0 Å². The summed E-state index contributed by atoms with van der Waals surface area (Å²) in [5, 5.41) is 15.2. The summed E-state index contributed by atoms with van der Waals surface area (Å²) in [4.78, 5) is 54.0. The van der Waals surface area contributed by atoms with Crippen molar-refractivity contribution in [1.29, 1.82) is 0 Å². The molecule has 2 aliphatic heterocycles. The highest BCUT2D eigenvalue weighted by molar-refractivity contribution is 6.10. The SMILES string of the molecule is CCN(C(=O)OC(C)(C)C)c1cc(F)cc2c1NC(=O)C2(C)N1CC[C@H](c2ccccc2Oc2ccc(C(=O)O)cc2)[C@@H](NC(C)=O)C1. The molecule has 12 heteroatoms. The normalized spacial score (nSPS) is 20.8. The lowest BCUT2D eigenvalue weighted by molar-refractivity contribution is -0.128. The molecular weight excluding hydrogens is 619 g/mol. The van der Waals surface area contributed by atoms with E-state index in [0.29, 0.717) is 35.7 Å². The number of amides is 3. The molecule has 1 unspecified atom stereocenters. The Balaban J connectivity index is 1.47. The van der Waals surface area contributed by atoms with Crippen molar-refractivity contribution in [2.45, 2.75) is 71.1 Å². The number of para-hydroxylation sites is 1. The monoisotopic (exact) mass is 660 g/mol. The van der Waals surface area contributed by atoms with Gasteiger partial charge < -0.3 is 25.2 Å². The van der Waals surface area contributed by atoms with Crippen LogP contribution < -0.4 is 20.3 Å². The van der Waals surface area contributed by atoms with Gasteiger partial charge in [-0.1, -0.05) is 18.2 Å². The van der Waals surface area contributed by atoms with Gasteiger partial charge in [0.2, 0.25) is 11.8 Å². The Bertz CT molecular complexity index is 1740. The molecule has 0 aromatic heterocycles. The Morgan fingerprint density at radius 1 is 1.12 bits per heavy atom. The number of hydrogen-bond donors (Lipinski definition) is 3. The molecule has 1 saturated heterocycles. The molecule has 11 nitrogen and oxygen atoms in total. The second kappa shape index (κ2) is 13.3. The van der Waals surface area contributed by atoms with Crippen molar-refractivity contribution in [1.82, 2.24) is 10.2 Å². The first kappa shape index (κ1) is 34.4. The molecule has 5 rings (SSSR count). The van der Waals surface area contributed by atoms with Gasteiger partial charge >= 0.3 is 12.1 Å². The van der Waals surface area contributed by atoms with Crippen LogP contribution in [0.3, 0.4) is 0 Å². The number of carboxylic acid groups (broad SMARTS) is 1. The van der Waals surface area contributed by atoms with Crippen molar-refractivity contribution < 1.29 is 38.1 Å². The number of nitrogens with zero attached hydrogens (tertiary/aromatic N) is 2. The molecule has 254 valence electrons. The summed E-state index contributed by atoms with van der Waals surface area (Å²) >= 11 is 0. The zero-order chi connectivity index (χ0) is 35.0. The first-order valence-corrected chi connectivity index (χ1v) is 15.9. The highest BCUT2D eigenvalue weighted by Gasteiger charge is 2.51. The smallest absolute Gasteiger partial charge is 0.414 e. The molecule has 3 N–H and O–H groups in total. The first-order valence-electron chi connectivity index (χ1n) is 15.9. The summed E-state index contributed by atoms with van der Waals surface area (Å²) < 4.78 is 27.1. The van der Waals surface area contributed by atoms with E-state index in [1.807, 2.05) is 29.2 Å². The molecule has 2 heterocycles. The third-order valence-electron chi connectivity index (χ3n) is 8.79. The Morgan fingerprint density at radius 3 is 2.44 bits per heavy atom. The minimum Gasteiger partial charge on any atom is -0.478 e. The van der Waals surface area contributed by atoms with Crippen LogP contribution in [0.2, 0.25) is 0 Å². The minimum absolute atomic E-state index is 0.138. The van der Waals surface area contributed by atoms with Crippen LogP contribution in [0.5, 0.6) is 11.5 Å². The molecule has 3 aromatic rings. The van der Waals surface area contributed by atoms with Crippen LogP contribution in [0, 0.1) is 5.82 Å². The van der Waals surface area contributed by atoms with Crippen molar-refractivity contribution >= 4 is 35.3 Å². The highest BCUT2D eigenvalue weighted by Crippen LogP contribution is 2.48. The molecule has 3 atom stereocenters. The Morgan fingerprint density at radius 2 is 1.81 bits per heavy atom. The molecule has 0 bridgehead atoms. The number of anilines is 2. The van der Waals surface area contributed by atoms with Gasteiger partial charge in [0.25, 0.3) is 0 Å². The molecule has 3 aromatic carbocycles. The van der Waals surface area contributed by atoms with Crippen LogP contribution in [0.25, 0.3) is 0 Å². The number of halogens is 1. The van der Waals surface area contributed by atoms with Gasteiger partial charge in [-0.15, -0.1) is 0 Å². The molecule has 0 aliphatic carbocycles. The summed E-state index contributed by atoms with van der Waals surface area (Å²) in [5.74, 6) is -1.47. The number of carbonyl (C=O) groups is 4. The van der Waals surface area contributed by atoms with E-state index in [1.54, 1.807) is 46.8 Å². The van der Waals surface area contributed by atoms with Gasteiger partial charge in [0.15, 0.2) is 0 Å². The number of piperidine rings is 1. The van der Waals surface area contributed by atoms with Gasteiger partial charge in [0, 0.05) is 49.6 Å². The third-order valence-corrected chi connectivity index (χ3v) is 8.79.